The van der Waals surface area contributed by atoms with Gasteiger partial charge in [0.05, 0.1) is 18.5 Å². The standard InChI is InChI=1S/C10H22N2O4S/c1-12(6-10(13)7-16-2)17(14,15)8-9-4-3-5-11-9/h9-11,13H,3-8H2,1-2H3. The lowest BCUT2D eigenvalue weighted by Crippen LogP contribution is -2.41. The van der Waals surface area contributed by atoms with Gasteiger partial charge < -0.3 is 15.2 Å². The molecule has 1 saturated heterocycles. The average Bonchev–Trinajstić information content (AvgIpc) is 2.69. The summed E-state index contributed by atoms with van der Waals surface area (Å²) >= 11 is 0. The molecular formula is C10H22N2O4S. The molecule has 0 saturated carbocycles. The van der Waals surface area contributed by atoms with E-state index in [0.717, 1.165) is 19.4 Å². The molecule has 1 rings (SSSR count). The molecule has 2 atom stereocenters. The van der Waals surface area contributed by atoms with E-state index in [-0.39, 0.29) is 24.9 Å². The highest BCUT2D eigenvalue weighted by Gasteiger charge is 2.26. The fraction of sp³-hybridized carbons (Fsp3) is 1.00. The highest BCUT2D eigenvalue weighted by molar-refractivity contribution is 7.89. The number of nitrogens with one attached hydrogen (secondary N) is 1. The molecule has 0 aromatic carbocycles. The first kappa shape index (κ1) is 14.8. The topological polar surface area (TPSA) is 78.9 Å². The number of methoxy groups -OCH3 is 1. The Hall–Kier alpha value is -0.210. The van der Waals surface area contributed by atoms with Gasteiger partial charge in [0.2, 0.25) is 10.0 Å². The van der Waals surface area contributed by atoms with Gasteiger partial charge in [-0.3, -0.25) is 0 Å². The van der Waals surface area contributed by atoms with Crippen LogP contribution in [-0.4, -0.2) is 69.6 Å². The molecule has 0 bridgehead atoms. The largest absolute Gasteiger partial charge is 0.389 e. The lowest BCUT2D eigenvalue weighted by atomic mass is 10.3. The van der Waals surface area contributed by atoms with E-state index in [0.29, 0.717) is 0 Å². The number of rotatable bonds is 7. The molecule has 1 aliphatic rings. The summed E-state index contributed by atoms with van der Waals surface area (Å²) in [7, 11) is -0.340. The first-order chi connectivity index (χ1) is 7.95. The number of sulfonamides is 1. The van der Waals surface area contributed by atoms with Crippen molar-refractivity contribution in [2.75, 3.05) is 39.6 Å². The van der Waals surface area contributed by atoms with Crippen LogP contribution in [0, 0.1) is 0 Å². The van der Waals surface area contributed by atoms with Crippen molar-refractivity contribution in [3.05, 3.63) is 0 Å². The van der Waals surface area contributed by atoms with Crippen LogP contribution < -0.4 is 5.32 Å². The SMILES string of the molecule is COCC(O)CN(C)S(=O)(=O)CC1CCCN1. The van der Waals surface area contributed by atoms with Crippen LogP contribution in [0.1, 0.15) is 12.8 Å². The van der Waals surface area contributed by atoms with Crippen LogP contribution in [0.2, 0.25) is 0 Å². The first-order valence-electron chi connectivity index (χ1n) is 5.80. The van der Waals surface area contributed by atoms with Crippen molar-refractivity contribution < 1.29 is 18.3 Å². The summed E-state index contributed by atoms with van der Waals surface area (Å²) in [5, 5.41) is 12.7. The maximum atomic E-state index is 12.0. The highest BCUT2D eigenvalue weighted by Crippen LogP contribution is 2.10. The molecule has 1 heterocycles. The van der Waals surface area contributed by atoms with E-state index in [4.69, 9.17) is 4.74 Å². The number of hydrogen-bond acceptors (Lipinski definition) is 5. The van der Waals surface area contributed by atoms with Crippen molar-refractivity contribution in [1.29, 1.82) is 0 Å². The molecule has 17 heavy (non-hydrogen) atoms. The number of likely N-dealkylation sites (N-methyl/N-ethyl adjacent to an activating group) is 1. The van der Waals surface area contributed by atoms with Gasteiger partial charge in [0.15, 0.2) is 0 Å². The number of hydrogen-bond donors (Lipinski definition) is 2. The summed E-state index contributed by atoms with van der Waals surface area (Å²) in [6, 6.07) is 0.0435. The third-order valence-corrected chi connectivity index (χ3v) is 4.80. The van der Waals surface area contributed by atoms with Crippen LogP contribution in [0.25, 0.3) is 0 Å². The van der Waals surface area contributed by atoms with E-state index in [1.807, 2.05) is 0 Å². The van der Waals surface area contributed by atoms with Gasteiger partial charge in [0.1, 0.15) is 0 Å². The van der Waals surface area contributed by atoms with Crippen molar-refractivity contribution in [3.8, 4) is 0 Å². The molecule has 1 fully saturated rings. The molecule has 7 heteroatoms. The van der Waals surface area contributed by atoms with E-state index in [1.54, 1.807) is 0 Å². The fourth-order valence-electron chi connectivity index (χ4n) is 1.94. The summed E-state index contributed by atoms with van der Waals surface area (Å²) in [5.74, 6) is 0.100. The summed E-state index contributed by atoms with van der Waals surface area (Å²) in [6.07, 6.45) is 1.14. The smallest absolute Gasteiger partial charge is 0.215 e. The molecule has 102 valence electrons. The number of aliphatic hydroxyl groups is 1. The van der Waals surface area contributed by atoms with Crippen LogP contribution in [-0.2, 0) is 14.8 Å². The van der Waals surface area contributed by atoms with Gasteiger partial charge in [0.25, 0.3) is 0 Å². The number of aliphatic hydroxyl groups excluding tert-OH is 1. The molecule has 0 aliphatic carbocycles. The predicted octanol–water partition coefficient (Wildman–Crippen LogP) is -0.993. The van der Waals surface area contributed by atoms with Crippen molar-refractivity contribution in [3.63, 3.8) is 0 Å². The molecule has 0 aromatic rings. The Labute approximate surface area is 103 Å². The highest BCUT2D eigenvalue weighted by atomic mass is 32.2. The Balaban J connectivity index is 2.44. The van der Waals surface area contributed by atoms with Gasteiger partial charge in [-0.05, 0) is 19.4 Å². The van der Waals surface area contributed by atoms with Crippen LogP contribution >= 0.6 is 0 Å². The van der Waals surface area contributed by atoms with Crippen LogP contribution in [0.4, 0.5) is 0 Å². The zero-order chi connectivity index (χ0) is 12.9. The zero-order valence-corrected chi connectivity index (χ0v) is 11.2. The molecule has 0 amide bonds. The molecule has 0 radical (unpaired) electrons. The van der Waals surface area contributed by atoms with Crippen molar-refractivity contribution >= 4 is 10.0 Å². The number of ether oxygens (including phenoxy) is 1. The molecule has 6 nitrogen and oxygen atoms in total. The molecule has 0 aromatic heterocycles. The molecule has 1 aliphatic heterocycles. The Bertz CT molecular complexity index is 314. The lowest BCUT2D eigenvalue weighted by Gasteiger charge is -2.22. The van der Waals surface area contributed by atoms with Gasteiger partial charge in [-0.2, -0.15) is 0 Å². The Kier molecular flexibility index (Phi) is 5.81. The second-order valence-corrected chi connectivity index (χ2v) is 6.58. The van der Waals surface area contributed by atoms with Crippen molar-refractivity contribution in [1.82, 2.24) is 9.62 Å². The summed E-state index contributed by atoms with van der Waals surface area (Å²) < 4.78 is 29.9. The van der Waals surface area contributed by atoms with E-state index in [9.17, 15) is 13.5 Å². The van der Waals surface area contributed by atoms with Crippen LogP contribution in [0.3, 0.4) is 0 Å². The Morgan fingerprint density at radius 1 is 1.59 bits per heavy atom. The first-order valence-corrected chi connectivity index (χ1v) is 7.41. The minimum Gasteiger partial charge on any atom is -0.389 e. The van der Waals surface area contributed by atoms with E-state index in [2.05, 4.69) is 5.32 Å². The van der Waals surface area contributed by atoms with Gasteiger partial charge >= 0.3 is 0 Å². The zero-order valence-electron chi connectivity index (χ0n) is 10.4. The van der Waals surface area contributed by atoms with Crippen LogP contribution in [0.5, 0.6) is 0 Å². The second kappa shape index (κ2) is 6.65. The third kappa shape index (κ3) is 4.89. The van der Waals surface area contributed by atoms with Gasteiger partial charge in [0, 0.05) is 26.7 Å². The van der Waals surface area contributed by atoms with Crippen molar-refractivity contribution in [2.45, 2.75) is 25.0 Å². The lowest BCUT2D eigenvalue weighted by molar-refractivity contribution is 0.0554. The summed E-state index contributed by atoms with van der Waals surface area (Å²) in [4.78, 5) is 0. The molecule has 0 spiro atoms. The minimum absolute atomic E-state index is 0.0435. The molecule has 2 unspecified atom stereocenters. The van der Waals surface area contributed by atoms with Gasteiger partial charge in [-0.25, -0.2) is 12.7 Å². The maximum absolute atomic E-state index is 12.0. The summed E-state index contributed by atoms with van der Waals surface area (Å²) in [5.41, 5.74) is 0. The van der Waals surface area contributed by atoms with E-state index >= 15 is 0 Å². The third-order valence-electron chi connectivity index (χ3n) is 2.88. The Morgan fingerprint density at radius 3 is 2.82 bits per heavy atom. The maximum Gasteiger partial charge on any atom is 0.215 e. The van der Waals surface area contributed by atoms with Gasteiger partial charge in [-0.1, -0.05) is 0 Å². The van der Waals surface area contributed by atoms with Crippen LogP contribution in [0.15, 0.2) is 0 Å². The quantitative estimate of drug-likeness (QED) is 0.618. The predicted molar refractivity (Wildman–Crippen MR) is 65.3 cm³/mol. The van der Waals surface area contributed by atoms with Crippen molar-refractivity contribution in [2.24, 2.45) is 0 Å². The minimum atomic E-state index is -3.30. The van der Waals surface area contributed by atoms with E-state index in [1.165, 1.54) is 18.5 Å². The monoisotopic (exact) mass is 266 g/mol. The Morgan fingerprint density at radius 2 is 2.29 bits per heavy atom. The fourth-order valence-corrected chi connectivity index (χ4v) is 3.38. The number of nitrogens with zero attached hydrogens (tertiary/aromatic N) is 1. The molecule has 2 N–H and O–H groups in total. The summed E-state index contributed by atoms with van der Waals surface area (Å²) in [6.45, 7) is 1.10. The van der Waals surface area contributed by atoms with Gasteiger partial charge in [-0.15, -0.1) is 0 Å². The van der Waals surface area contributed by atoms with E-state index < -0.39 is 16.1 Å². The normalized spacial score (nSPS) is 23.2. The second-order valence-electron chi connectivity index (χ2n) is 4.46. The molecular weight excluding hydrogens is 244 g/mol. The average molecular weight is 266 g/mol.